The van der Waals surface area contributed by atoms with Crippen LogP contribution in [0.5, 0.6) is 5.75 Å². The van der Waals surface area contributed by atoms with Gasteiger partial charge in [0.2, 0.25) is 0 Å². The lowest BCUT2D eigenvalue weighted by Gasteiger charge is -2.11. The van der Waals surface area contributed by atoms with Crippen LogP contribution in [-0.4, -0.2) is 26.5 Å². The van der Waals surface area contributed by atoms with E-state index in [0.717, 1.165) is 15.8 Å². The summed E-state index contributed by atoms with van der Waals surface area (Å²) in [6, 6.07) is 5.82. The number of rotatable bonds is 7. The number of hydrogen-bond donors (Lipinski definition) is 0. The van der Waals surface area contributed by atoms with Gasteiger partial charge in [-0.15, -0.1) is 0 Å². The summed E-state index contributed by atoms with van der Waals surface area (Å²) in [5.41, 5.74) is 1.04. The predicted octanol–water partition coefficient (Wildman–Crippen LogP) is 3.55. The molecule has 0 radical (unpaired) electrons. The van der Waals surface area contributed by atoms with Crippen LogP contribution in [0.4, 0.5) is 0 Å². The molecule has 0 saturated carbocycles. The minimum Gasteiger partial charge on any atom is -0.492 e. The highest BCUT2D eigenvalue weighted by Gasteiger charge is 2.09. The van der Waals surface area contributed by atoms with Gasteiger partial charge >= 0.3 is 0 Å². The van der Waals surface area contributed by atoms with Crippen molar-refractivity contribution in [3.8, 4) is 5.75 Å². The Bertz CT molecular complexity index is 486. The fraction of sp³-hybridized carbons (Fsp3) is 0.500. The van der Waals surface area contributed by atoms with Gasteiger partial charge in [-0.3, -0.25) is 0 Å². The molecule has 1 aromatic carbocycles. The van der Waals surface area contributed by atoms with Gasteiger partial charge in [-0.2, -0.15) is 0 Å². The second kappa shape index (κ2) is 7.50. The first-order chi connectivity index (χ1) is 8.50. The maximum atomic E-state index is 11.3. The van der Waals surface area contributed by atoms with E-state index in [-0.39, 0.29) is 11.5 Å². The second-order valence-corrected chi connectivity index (χ2v) is 7.69. The summed E-state index contributed by atoms with van der Waals surface area (Å²) < 4.78 is 29.2. The first-order valence-corrected chi connectivity index (χ1v) is 9.40. The van der Waals surface area contributed by atoms with Gasteiger partial charge in [0.1, 0.15) is 15.6 Å². The van der Waals surface area contributed by atoms with Crippen LogP contribution in [0.3, 0.4) is 0 Å². The molecule has 6 heteroatoms. The lowest BCUT2D eigenvalue weighted by molar-refractivity contribution is 0.313. The van der Waals surface area contributed by atoms with Gasteiger partial charge in [0.25, 0.3) is 0 Å². The monoisotopic (exact) mass is 398 g/mol. The van der Waals surface area contributed by atoms with Crippen molar-refractivity contribution in [2.45, 2.75) is 18.7 Å². The molecule has 1 rings (SSSR count). The number of para-hydroxylation sites is 1. The average Bonchev–Trinajstić information content (AvgIpc) is 2.36. The van der Waals surface area contributed by atoms with Gasteiger partial charge in [0, 0.05) is 16.6 Å². The molecule has 0 heterocycles. The zero-order valence-corrected chi connectivity index (χ0v) is 14.1. The Labute approximate surface area is 125 Å². The van der Waals surface area contributed by atoms with Crippen molar-refractivity contribution in [2.75, 3.05) is 18.1 Å². The van der Waals surface area contributed by atoms with Crippen LogP contribution < -0.4 is 4.74 Å². The quantitative estimate of drug-likeness (QED) is 0.520. The molecule has 102 valence electrons. The summed E-state index contributed by atoms with van der Waals surface area (Å²) in [5.74, 6) is 1.15. The Balaban J connectivity index is 2.54. The first-order valence-electron chi connectivity index (χ1n) is 5.66. The number of halogens is 2. The largest absolute Gasteiger partial charge is 0.492 e. The van der Waals surface area contributed by atoms with Crippen molar-refractivity contribution < 1.29 is 13.2 Å². The van der Waals surface area contributed by atoms with Crippen molar-refractivity contribution >= 4 is 41.7 Å². The summed E-state index contributed by atoms with van der Waals surface area (Å²) in [5, 5.41) is 0.703. The van der Waals surface area contributed by atoms with Crippen LogP contribution >= 0.6 is 31.9 Å². The normalized spacial score (nSPS) is 11.5. The van der Waals surface area contributed by atoms with Crippen molar-refractivity contribution in [3.63, 3.8) is 0 Å². The van der Waals surface area contributed by atoms with E-state index in [1.54, 1.807) is 6.92 Å². The van der Waals surface area contributed by atoms with Gasteiger partial charge in [-0.1, -0.05) is 35.0 Å². The Morgan fingerprint density at radius 1 is 1.33 bits per heavy atom. The summed E-state index contributed by atoms with van der Waals surface area (Å²) in [7, 11) is -2.90. The van der Waals surface area contributed by atoms with Gasteiger partial charge in [0.05, 0.1) is 16.8 Å². The Kier molecular flexibility index (Phi) is 6.66. The van der Waals surface area contributed by atoms with Gasteiger partial charge < -0.3 is 4.74 Å². The summed E-state index contributed by atoms with van der Waals surface area (Å²) >= 11 is 6.83. The minimum absolute atomic E-state index is 0.178. The number of sulfone groups is 1. The molecule has 0 spiro atoms. The van der Waals surface area contributed by atoms with Crippen molar-refractivity contribution in [1.29, 1.82) is 0 Å². The second-order valence-electron chi connectivity index (χ2n) is 3.80. The molecule has 0 aliphatic rings. The highest BCUT2D eigenvalue weighted by molar-refractivity contribution is 9.10. The highest BCUT2D eigenvalue weighted by atomic mass is 79.9. The van der Waals surface area contributed by atoms with Gasteiger partial charge in [-0.25, -0.2) is 8.42 Å². The molecule has 0 fully saturated rings. The van der Waals surface area contributed by atoms with E-state index in [2.05, 4.69) is 31.9 Å². The maximum Gasteiger partial charge on any atom is 0.150 e. The topological polar surface area (TPSA) is 43.4 Å². The summed E-state index contributed by atoms with van der Waals surface area (Å²) in [6.07, 6.45) is 0.513. The third-order valence-corrected chi connectivity index (χ3v) is 5.50. The highest BCUT2D eigenvalue weighted by Crippen LogP contribution is 2.30. The van der Waals surface area contributed by atoms with Crippen LogP contribution in [0.2, 0.25) is 0 Å². The van der Waals surface area contributed by atoms with Crippen LogP contribution in [0.25, 0.3) is 0 Å². The third-order valence-electron chi connectivity index (χ3n) is 2.48. The molecule has 3 nitrogen and oxygen atoms in total. The molecular formula is C12H16Br2O3S. The SMILES string of the molecule is CCS(=O)(=O)CCCOc1c(Br)cccc1CBr. The van der Waals surface area contributed by atoms with Gasteiger partial charge in [-0.05, 0) is 28.4 Å². The van der Waals surface area contributed by atoms with Crippen molar-refractivity contribution in [1.82, 2.24) is 0 Å². The minimum atomic E-state index is -2.90. The maximum absolute atomic E-state index is 11.3. The van der Waals surface area contributed by atoms with Crippen LogP contribution in [0.15, 0.2) is 22.7 Å². The Morgan fingerprint density at radius 2 is 2.06 bits per heavy atom. The zero-order chi connectivity index (χ0) is 13.6. The van der Waals surface area contributed by atoms with E-state index in [9.17, 15) is 8.42 Å². The standard InChI is InChI=1S/C12H16Br2O3S/c1-2-18(15,16)8-4-7-17-12-10(9-13)5-3-6-11(12)14/h3,5-6H,2,4,7-9H2,1H3. The number of hydrogen-bond acceptors (Lipinski definition) is 3. The van der Waals surface area contributed by atoms with Crippen molar-refractivity contribution in [2.24, 2.45) is 0 Å². The molecule has 0 atom stereocenters. The summed E-state index contributed by atoms with van der Waals surface area (Å²) in [4.78, 5) is 0. The predicted molar refractivity (Wildman–Crippen MR) is 81.2 cm³/mol. The summed E-state index contributed by atoms with van der Waals surface area (Å²) in [6.45, 7) is 2.06. The molecule has 18 heavy (non-hydrogen) atoms. The third kappa shape index (κ3) is 4.90. The molecule has 1 aromatic rings. The Morgan fingerprint density at radius 3 is 2.67 bits per heavy atom. The van der Waals surface area contributed by atoms with E-state index in [1.165, 1.54) is 0 Å². The fourth-order valence-corrected chi connectivity index (χ4v) is 3.23. The Hall–Kier alpha value is -0.0700. The molecule has 0 aromatic heterocycles. The molecule has 0 amide bonds. The van der Waals surface area contributed by atoms with E-state index in [4.69, 9.17) is 4.74 Å². The van der Waals surface area contributed by atoms with Crippen molar-refractivity contribution in [3.05, 3.63) is 28.2 Å². The van der Waals surface area contributed by atoms with E-state index in [0.29, 0.717) is 18.4 Å². The number of ether oxygens (including phenoxy) is 1. The molecule has 0 saturated heterocycles. The van der Waals surface area contributed by atoms with Crippen LogP contribution in [0.1, 0.15) is 18.9 Å². The van der Waals surface area contributed by atoms with Gasteiger partial charge in [0.15, 0.2) is 0 Å². The first kappa shape index (κ1) is 16.0. The molecular weight excluding hydrogens is 384 g/mol. The number of alkyl halides is 1. The molecule has 0 unspecified atom stereocenters. The number of benzene rings is 1. The molecule has 0 N–H and O–H groups in total. The zero-order valence-electron chi connectivity index (χ0n) is 10.2. The van der Waals surface area contributed by atoms with Crippen LogP contribution in [0, 0.1) is 0 Å². The lowest BCUT2D eigenvalue weighted by Crippen LogP contribution is -2.12. The van der Waals surface area contributed by atoms with E-state index >= 15 is 0 Å². The van der Waals surface area contributed by atoms with Crippen LogP contribution in [-0.2, 0) is 15.2 Å². The fourth-order valence-electron chi connectivity index (χ4n) is 1.42. The van der Waals surface area contributed by atoms with E-state index in [1.807, 2.05) is 18.2 Å². The van der Waals surface area contributed by atoms with E-state index < -0.39 is 9.84 Å². The molecule has 0 aliphatic carbocycles. The average molecular weight is 400 g/mol. The smallest absolute Gasteiger partial charge is 0.150 e. The lowest BCUT2D eigenvalue weighted by atomic mass is 10.2. The molecule has 0 aliphatic heterocycles. The molecule has 0 bridgehead atoms.